The van der Waals surface area contributed by atoms with Crippen molar-refractivity contribution in [2.24, 2.45) is 11.8 Å². The van der Waals surface area contributed by atoms with Gasteiger partial charge in [-0.3, -0.25) is 9.59 Å². The van der Waals surface area contributed by atoms with Crippen LogP contribution in [0.5, 0.6) is 0 Å². The molecule has 1 aliphatic heterocycles. The third kappa shape index (κ3) is 8.90. The molecule has 35 heavy (non-hydrogen) atoms. The van der Waals surface area contributed by atoms with E-state index in [1.54, 1.807) is 0 Å². The van der Waals surface area contributed by atoms with Crippen molar-refractivity contribution in [3.8, 4) is 0 Å². The quantitative estimate of drug-likeness (QED) is 0.136. The number of esters is 2. The average molecular weight is 497 g/mol. The van der Waals surface area contributed by atoms with E-state index >= 15 is 0 Å². The molecule has 8 heteroatoms. The molecule has 0 aromatic heterocycles. The Kier molecular flexibility index (Phi) is 11.2. The molecule has 0 unspecified atom stereocenters. The summed E-state index contributed by atoms with van der Waals surface area (Å²) in [6.07, 6.45) is 14.7. The lowest BCUT2D eigenvalue weighted by molar-refractivity contribution is -0.237. The fourth-order valence-corrected chi connectivity index (χ4v) is 5.34. The SMILES string of the molecule is CCCCCCC=C[C@@H]1[C@@H](CCCCCC(OC(C)=O)(OC(C)=O)C(=O)O)C[C@H]2OC(C)(C)O[C@@H]12. The van der Waals surface area contributed by atoms with E-state index < -0.39 is 29.5 Å². The highest BCUT2D eigenvalue weighted by Gasteiger charge is 2.52. The third-order valence-electron chi connectivity index (χ3n) is 6.79. The van der Waals surface area contributed by atoms with E-state index in [9.17, 15) is 19.5 Å². The number of carboxylic acid groups (broad SMARTS) is 1. The van der Waals surface area contributed by atoms with Gasteiger partial charge in [0, 0.05) is 26.2 Å². The van der Waals surface area contributed by atoms with Crippen LogP contribution in [0.4, 0.5) is 0 Å². The topological polar surface area (TPSA) is 108 Å². The second-order valence-electron chi connectivity index (χ2n) is 10.3. The standard InChI is InChI=1S/C27H44O8/c1-6-7-8-9-10-13-16-22-21(18-23-24(22)35-26(4,5)34-23)15-12-11-14-17-27(25(30)31,32-19(2)28)33-20(3)29/h13,16,21-24H,6-12,14-15,17-18H2,1-5H3,(H,30,31)/t21-,22+,23+,24-/m0/s1. The molecule has 4 atom stereocenters. The third-order valence-corrected chi connectivity index (χ3v) is 6.79. The zero-order chi connectivity index (χ0) is 26.1. The van der Waals surface area contributed by atoms with Gasteiger partial charge in [-0.05, 0) is 51.9 Å². The van der Waals surface area contributed by atoms with Crippen molar-refractivity contribution >= 4 is 17.9 Å². The fourth-order valence-electron chi connectivity index (χ4n) is 5.34. The Hall–Kier alpha value is -1.93. The number of fused-ring (bicyclic) bond motifs is 1. The summed E-state index contributed by atoms with van der Waals surface area (Å²) in [4.78, 5) is 34.6. The number of hydrogen-bond donors (Lipinski definition) is 1. The lowest BCUT2D eigenvalue weighted by atomic mass is 9.88. The Morgan fingerprint density at radius 3 is 2.26 bits per heavy atom. The summed E-state index contributed by atoms with van der Waals surface area (Å²) in [5.74, 6) is -5.18. The molecule has 1 N–H and O–H groups in total. The number of carbonyl (C=O) groups excluding carboxylic acids is 2. The average Bonchev–Trinajstić information content (AvgIpc) is 3.20. The van der Waals surface area contributed by atoms with Crippen molar-refractivity contribution in [2.75, 3.05) is 0 Å². The summed E-state index contributed by atoms with van der Waals surface area (Å²) in [6, 6.07) is 0. The molecule has 0 aromatic carbocycles. The summed E-state index contributed by atoms with van der Waals surface area (Å²) in [5, 5.41) is 9.58. The van der Waals surface area contributed by atoms with Gasteiger partial charge in [0.05, 0.1) is 12.2 Å². The van der Waals surface area contributed by atoms with Crippen molar-refractivity contribution in [3.05, 3.63) is 12.2 Å². The van der Waals surface area contributed by atoms with Gasteiger partial charge in [-0.15, -0.1) is 0 Å². The summed E-state index contributed by atoms with van der Waals surface area (Å²) >= 11 is 0. The van der Waals surface area contributed by atoms with Gasteiger partial charge < -0.3 is 24.1 Å². The van der Waals surface area contributed by atoms with Crippen molar-refractivity contribution in [3.63, 3.8) is 0 Å². The highest BCUT2D eigenvalue weighted by molar-refractivity contribution is 5.82. The normalized spacial score (nSPS) is 25.5. The first kappa shape index (κ1) is 29.3. The first-order valence-corrected chi connectivity index (χ1v) is 13.1. The Morgan fingerprint density at radius 1 is 1.00 bits per heavy atom. The summed E-state index contributed by atoms with van der Waals surface area (Å²) in [6.45, 7) is 8.34. The smallest absolute Gasteiger partial charge is 0.390 e. The molecular weight excluding hydrogens is 452 g/mol. The van der Waals surface area contributed by atoms with Crippen LogP contribution in [0, 0.1) is 11.8 Å². The number of rotatable bonds is 15. The van der Waals surface area contributed by atoms with Crippen LogP contribution in [-0.2, 0) is 33.3 Å². The van der Waals surface area contributed by atoms with Crippen molar-refractivity contribution in [1.82, 2.24) is 0 Å². The van der Waals surface area contributed by atoms with Gasteiger partial charge in [0.25, 0.3) is 0 Å². The molecule has 0 aromatic rings. The molecule has 0 bridgehead atoms. The molecule has 1 saturated carbocycles. The number of hydrogen-bond acceptors (Lipinski definition) is 7. The number of allylic oxidation sites excluding steroid dienone is 1. The summed E-state index contributed by atoms with van der Waals surface area (Å²) < 4.78 is 22.3. The second-order valence-corrected chi connectivity index (χ2v) is 10.3. The van der Waals surface area contributed by atoms with Crippen molar-refractivity contribution < 1.29 is 38.4 Å². The zero-order valence-electron chi connectivity index (χ0n) is 22.0. The Bertz CT molecular complexity index is 727. The molecule has 200 valence electrons. The maximum atomic E-state index is 11.8. The maximum Gasteiger partial charge on any atom is 0.390 e. The van der Waals surface area contributed by atoms with E-state index in [1.807, 2.05) is 13.8 Å². The number of carbonyl (C=O) groups is 3. The van der Waals surface area contributed by atoms with Gasteiger partial charge in [0.15, 0.2) is 5.79 Å². The van der Waals surface area contributed by atoms with E-state index in [0.29, 0.717) is 18.3 Å². The highest BCUT2D eigenvalue weighted by atomic mass is 16.8. The zero-order valence-corrected chi connectivity index (χ0v) is 22.0. The molecule has 0 radical (unpaired) electrons. The summed E-state index contributed by atoms with van der Waals surface area (Å²) in [7, 11) is 0. The molecule has 2 aliphatic rings. The van der Waals surface area contributed by atoms with Crippen LogP contribution in [0.25, 0.3) is 0 Å². The molecule has 1 aliphatic carbocycles. The molecular formula is C27H44O8. The van der Waals surface area contributed by atoms with Crippen LogP contribution in [0.2, 0.25) is 0 Å². The molecule has 8 nitrogen and oxygen atoms in total. The summed E-state index contributed by atoms with van der Waals surface area (Å²) in [5.41, 5.74) is 0. The van der Waals surface area contributed by atoms with Crippen LogP contribution in [0.1, 0.15) is 105 Å². The molecule has 0 spiro atoms. The van der Waals surface area contributed by atoms with E-state index in [1.165, 1.54) is 25.7 Å². The van der Waals surface area contributed by atoms with E-state index in [4.69, 9.17) is 18.9 Å². The molecule has 0 amide bonds. The van der Waals surface area contributed by atoms with E-state index in [0.717, 1.165) is 46.0 Å². The van der Waals surface area contributed by atoms with Gasteiger partial charge >= 0.3 is 23.7 Å². The van der Waals surface area contributed by atoms with Crippen LogP contribution < -0.4 is 0 Å². The Morgan fingerprint density at radius 2 is 1.66 bits per heavy atom. The molecule has 1 saturated heterocycles. The Balaban J connectivity index is 1.90. The van der Waals surface area contributed by atoms with Crippen LogP contribution in [0.3, 0.4) is 0 Å². The van der Waals surface area contributed by atoms with Crippen molar-refractivity contribution in [1.29, 1.82) is 0 Å². The van der Waals surface area contributed by atoms with Gasteiger partial charge in [-0.1, -0.05) is 51.2 Å². The van der Waals surface area contributed by atoms with Crippen LogP contribution in [-0.4, -0.2) is 46.8 Å². The predicted molar refractivity (Wildman–Crippen MR) is 130 cm³/mol. The number of ether oxygens (including phenoxy) is 4. The van der Waals surface area contributed by atoms with E-state index in [-0.39, 0.29) is 18.6 Å². The number of aliphatic carboxylic acids is 1. The van der Waals surface area contributed by atoms with E-state index in [2.05, 4.69) is 19.1 Å². The molecule has 2 rings (SSSR count). The largest absolute Gasteiger partial charge is 0.475 e. The molecule has 2 fully saturated rings. The van der Waals surface area contributed by atoms with Crippen LogP contribution in [0.15, 0.2) is 12.2 Å². The lowest BCUT2D eigenvalue weighted by Crippen LogP contribution is -2.46. The number of carboxylic acids is 1. The molecule has 1 heterocycles. The predicted octanol–water partition coefficient (Wildman–Crippen LogP) is 5.53. The van der Waals surface area contributed by atoms with Gasteiger partial charge in [0.1, 0.15) is 0 Å². The second kappa shape index (κ2) is 13.4. The van der Waals surface area contributed by atoms with Gasteiger partial charge in [0.2, 0.25) is 0 Å². The number of unbranched alkanes of at least 4 members (excludes halogenated alkanes) is 6. The Labute approximate surface area is 209 Å². The first-order chi connectivity index (χ1) is 16.5. The highest BCUT2D eigenvalue weighted by Crippen LogP contribution is 2.47. The minimum Gasteiger partial charge on any atom is -0.475 e. The monoisotopic (exact) mass is 496 g/mol. The first-order valence-electron chi connectivity index (χ1n) is 13.1. The van der Waals surface area contributed by atoms with Crippen LogP contribution >= 0.6 is 0 Å². The minimum atomic E-state index is -2.27. The van der Waals surface area contributed by atoms with Gasteiger partial charge in [-0.2, -0.15) is 0 Å². The van der Waals surface area contributed by atoms with Crippen molar-refractivity contribution in [2.45, 2.75) is 129 Å². The fraction of sp³-hybridized carbons (Fsp3) is 0.815. The minimum absolute atomic E-state index is 0.0643. The maximum absolute atomic E-state index is 11.8. The van der Waals surface area contributed by atoms with Gasteiger partial charge in [-0.25, -0.2) is 4.79 Å². The lowest BCUT2D eigenvalue weighted by Gasteiger charge is -2.28.